The summed E-state index contributed by atoms with van der Waals surface area (Å²) in [5.74, 6) is 0.991. The molecule has 1 aliphatic rings. The molecule has 0 bridgehead atoms. The third-order valence-corrected chi connectivity index (χ3v) is 6.25. The van der Waals surface area contributed by atoms with Crippen LogP contribution < -0.4 is 26.1 Å². The summed E-state index contributed by atoms with van der Waals surface area (Å²) in [7, 11) is 1.60. The van der Waals surface area contributed by atoms with Crippen molar-refractivity contribution in [2.75, 3.05) is 48.1 Å². The molecule has 190 valence electrons. The molecule has 0 spiro atoms. The number of hydrazone groups is 1. The number of nitrogen functional groups attached to an aromatic ring is 2. The molecule has 4 N–H and O–H groups in total. The second kappa shape index (κ2) is 10.3. The molecule has 2 aromatic heterocycles. The molecule has 1 aromatic carbocycles. The molecule has 0 aliphatic carbocycles. The number of rotatable bonds is 8. The number of alkyl halides is 3. The van der Waals surface area contributed by atoms with Crippen LogP contribution in [0.2, 0.25) is 0 Å². The Kier molecular flexibility index (Phi) is 7.18. The molecule has 8 nitrogen and oxygen atoms in total. The van der Waals surface area contributed by atoms with Gasteiger partial charge in [0.1, 0.15) is 23.1 Å². The summed E-state index contributed by atoms with van der Waals surface area (Å²) in [6.07, 6.45) is -1.29. The first kappa shape index (κ1) is 25.1. The zero-order valence-corrected chi connectivity index (χ0v) is 19.9. The first-order valence-corrected chi connectivity index (χ1v) is 11.4. The van der Waals surface area contributed by atoms with Crippen LogP contribution in [0.15, 0.2) is 53.8 Å². The Morgan fingerprint density at radius 3 is 2.72 bits per heavy atom. The Morgan fingerprint density at radius 2 is 2.03 bits per heavy atom. The first-order chi connectivity index (χ1) is 17.2. The van der Waals surface area contributed by atoms with E-state index >= 15 is 0 Å². The van der Waals surface area contributed by atoms with E-state index in [4.69, 9.17) is 16.2 Å². The molecule has 3 heterocycles. The van der Waals surface area contributed by atoms with Crippen molar-refractivity contribution in [3.05, 3.63) is 54.2 Å². The van der Waals surface area contributed by atoms with Gasteiger partial charge in [-0.1, -0.05) is 6.07 Å². The maximum atomic E-state index is 13.9. The molecule has 1 fully saturated rings. The Hall–Kier alpha value is -4.02. The van der Waals surface area contributed by atoms with Gasteiger partial charge in [0.2, 0.25) is 0 Å². The van der Waals surface area contributed by atoms with Gasteiger partial charge in [0.05, 0.1) is 23.6 Å². The molecule has 3 aromatic rings. The van der Waals surface area contributed by atoms with Crippen LogP contribution in [0.5, 0.6) is 5.75 Å². The summed E-state index contributed by atoms with van der Waals surface area (Å²) in [5.41, 5.74) is 12.0. The van der Waals surface area contributed by atoms with Gasteiger partial charge < -0.3 is 21.1 Å². The average molecular weight is 500 g/mol. The second-order valence-electron chi connectivity index (χ2n) is 8.63. The highest BCUT2D eigenvalue weighted by atomic mass is 19.4. The Bertz CT molecular complexity index is 1220. The summed E-state index contributed by atoms with van der Waals surface area (Å²) < 4.78 is 47.4. The van der Waals surface area contributed by atoms with E-state index in [0.29, 0.717) is 18.0 Å². The monoisotopic (exact) mass is 499 g/mol. The van der Waals surface area contributed by atoms with Gasteiger partial charge in [-0.2, -0.15) is 18.3 Å². The van der Waals surface area contributed by atoms with E-state index < -0.39 is 11.7 Å². The molecule has 4 rings (SSSR count). The molecule has 36 heavy (non-hydrogen) atoms. The highest BCUT2D eigenvalue weighted by Gasteiger charge is 2.35. The van der Waals surface area contributed by atoms with Crippen molar-refractivity contribution >= 4 is 29.7 Å². The molecule has 1 aliphatic heterocycles. The van der Waals surface area contributed by atoms with Crippen molar-refractivity contribution in [3.63, 3.8) is 0 Å². The van der Waals surface area contributed by atoms with Crippen LogP contribution in [0.25, 0.3) is 11.3 Å². The van der Waals surface area contributed by atoms with Gasteiger partial charge in [-0.15, -0.1) is 0 Å². The first-order valence-electron chi connectivity index (χ1n) is 11.4. The number of ether oxygens (including phenoxy) is 1. The van der Waals surface area contributed by atoms with Crippen LogP contribution in [-0.4, -0.2) is 43.4 Å². The highest BCUT2D eigenvalue weighted by Crippen LogP contribution is 2.40. The van der Waals surface area contributed by atoms with E-state index in [1.54, 1.807) is 13.2 Å². The standard InChI is InChI=1S/C25H28F3N7O/c1-31-34(2)20-14-19(33-24(30)23(20)29)17-6-7-21(18(13-17)25(26,27)28)36-12-9-16-8-11-35(15-16)22-5-3-4-10-32-22/h3-7,10,13-14,16H,1,8-9,11-12,15,29H2,2H3,(H2,30,33)/t16-/m1/s1. The van der Waals surface area contributed by atoms with Crippen LogP contribution in [0.1, 0.15) is 18.4 Å². The molecular formula is C25H28F3N7O. The smallest absolute Gasteiger partial charge is 0.419 e. The van der Waals surface area contributed by atoms with Gasteiger partial charge in [0.25, 0.3) is 0 Å². The van der Waals surface area contributed by atoms with E-state index in [1.165, 1.54) is 23.2 Å². The Morgan fingerprint density at radius 1 is 1.22 bits per heavy atom. The predicted octanol–water partition coefficient (Wildman–Crippen LogP) is 4.67. The number of nitrogens with two attached hydrogens (primary N) is 2. The number of aromatic nitrogens is 2. The number of pyridine rings is 2. The summed E-state index contributed by atoms with van der Waals surface area (Å²) in [4.78, 5) is 10.7. The fourth-order valence-electron chi connectivity index (χ4n) is 4.24. The highest BCUT2D eigenvalue weighted by molar-refractivity contribution is 5.82. The number of benzene rings is 1. The van der Waals surface area contributed by atoms with Crippen molar-refractivity contribution in [1.29, 1.82) is 0 Å². The number of hydrogen-bond donors (Lipinski definition) is 2. The zero-order chi connectivity index (χ0) is 25.9. The van der Waals surface area contributed by atoms with E-state index in [1.807, 2.05) is 18.2 Å². The maximum absolute atomic E-state index is 13.9. The Balaban J connectivity index is 1.49. The number of hydrogen-bond acceptors (Lipinski definition) is 8. The SMILES string of the molecule is C=NN(C)c1cc(-c2ccc(OCC[C@H]3CCN(c4ccccn4)C3)c(C(F)(F)F)c2)nc(N)c1N. The van der Waals surface area contributed by atoms with Crippen LogP contribution in [0, 0.1) is 5.92 Å². The van der Waals surface area contributed by atoms with Crippen molar-refractivity contribution in [1.82, 2.24) is 9.97 Å². The van der Waals surface area contributed by atoms with Crippen LogP contribution in [0.4, 0.5) is 36.2 Å². The van der Waals surface area contributed by atoms with Crippen LogP contribution >= 0.6 is 0 Å². The number of halogens is 3. The third-order valence-electron chi connectivity index (χ3n) is 6.25. The van der Waals surface area contributed by atoms with Gasteiger partial charge in [0, 0.05) is 38.6 Å². The fraction of sp³-hybridized carbons (Fsp3) is 0.320. The average Bonchev–Trinajstić information content (AvgIpc) is 3.34. The van der Waals surface area contributed by atoms with Gasteiger partial charge in [-0.3, -0.25) is 5.01 Å². The number of nitrogens with zero attached hydrogens (tertiary/aromatic N) is 5. The Labute approximate surface area is 207 Å². The third kappa shape index (κ3) is 5.45. The van der Waals surface area contributed by atoms with E-state index in [-0.39, 0.29) is 35.1 Å². The minimum absolute atomic E-state index is 0.0109. The molecular weight excluding hydrogens is 471 g/mol. The van der Waals surface area contributed by atoms with Gasteiger partial charge in [-0.05, 0) is 55.2 Å². The summed E-state index contributed by atoms with van der Waals surface area (Å²) in [6.45, 7) is 5.27. The van der Waals surface area contributed by atoms with Gasteiger partial charge >= 0.3 is 6.18 Å². The molecule has 11 heteroatoms. The van der Waals surface area contributed by atoms with Crippen molar-refractivity contribution in [2.45, 2.75) is 19.0 Å². The zero-order valence-electron chi connectivity index (χ0n) is 19.9. The predicted molar refractivity (Wildman–Crippen MR) is 136 cm³/mol. The maximum Gasteiger partial charge on any atom is 0.419 e. The van der Waals surface area contributed by atoms with Crippen molar-refractivity contribution < 1.29 is 17.9 Å². The second-order valence-corrected chi connectivity index (χ2v) is 8.63. The lowest BCUT2D eigenvalue weighted by molar-refractivity contribution is -0.138. The summed E-state index contributed by atoms with van der Waals surface area (Å²) in [5, 5.41) is 5.14. The van der Waals surface area contributed by atoms with Gasteiger partial charge in [-0.25, -0.2) is 9.97 Å². The lowest BCUT2D eigenvalue weighted by Crippen LogP contribution is -2.21. The van der Waals surface area contributed by atoms with E-state index in [0.717, 1.165) is 31.4 Å². The molecule has 0 amide bonds. The molecule has 1 atom stereocenters. The van der Waals surface area contributed by atoms with Crippen molar-refractivity contribution in [2.24, 2.45) is 11.0 Å². The summed E-state index contributed by atoms with van der Waals surface area (Å²) >= 11 is 0. The molecule has 0 unspecified atom stereocenters. The van der Waals surface area contributed by atoms with Crippen LogP contribution in [-0.2, 0) is 6.18 Å². The topological polar surface area (TPSA) is 106 Å². The van der Waals surface area contributed by atoms with E-state index in [9.17, 15) is 13.2 Å². The largest absolute Gasteiger partial charge is 0.493 e. The molecule has 0 radical (unpaired) electrons. The summed E-state index contributed by atoms with van der Waals surface area (Å²) in [6, 6.07) is 11.1. The lowest BCUT2D eigenvalue weighted by atomic mass is 10.0. The van der Waals surface area contributed by atoms with Crippen LogP contribution in [0.3, 0.4) is 0 Å². The van der Waals surface area contributed by atoms with E-state index in [2.05, 4.69) is 26.7 Å². The normalized spacial score (nSPS) is 15.7. The van der Waals surface area contributed by atoms with Crippen molar-refractivity contribution in [3.8, 4) is 17.0 Å². The minimum Gasteiger partial charge on any atom is -0.493 e. The fourth-order valence-corrected chi connectivity index (χ4v) is 4.24. The molecule has 0 saturated carbocycles. The molecule has 1 saturated heterocycles. The minimum atomic E-state index is -4.61. The lowest BCUT2D eigenvalue weighted by Gasteiger charge is -2.19. The quantitative estimate of drug-likeness (QED) is 0.343. The van der Waals surface area contributed by atoms with Gasteiger partial charge in [0.15, 0.2) is 0 Å². The number of anilines is 4.